The summed E-state index contributed by atoms with van der Waals surface area (Å²) in [4.78, 5) is 37.0. The van der Waals surface area contributed by atoms with Crippen LogP contribution >= 0.6 is 11.8 Å². The van der Waals surface area contributed by atoms with Crippen LogP contribution < -0.4 is 11.1 Å². The Balaban J connectivity index is 1.63. The predicted octanol–water partition coefficient (Wildman–Crippen LogP) is 2.42. The van der Waals surface area contributed by atoms with Gasteiger partial charge in [0.1, 0.15) is 22.3 Å². The van der Waals surface area contributed by atoms with E-state index in [0.29, 0.717) is 11.0 Å². The Morgan fingerprint density at radius 1 is 1.15 bits per heavy atom. The van der Waals surface area contributed by atoms with Crippen LogP contribution in [0.4, 0.5) is 0 Å². The minimum absolute atomic E-state index is 0.109. The first-order chi connectivity index (χ1) is 13.0. The fourth-order valence-corrected chi connectivity index (χ4v) is 3.93. The van der Waals surface area contributed by atoms with Crippen LogP contribution in [0.5, 0.6) is 5.75 Å². The molecule has 2 heterocycles. The lowest BCUT2D eigenvalue weighted by atomic mass is 10.2. The number of carbonyl (C=O) groups is 2. The second-order valence-corrected chi connectivity index (χ2v) is 7.01. The quantitative estimate of drug-likeness (QED) is 0.675. The summed E-state index contributed by atoms with van der Waals surface area (Å²) >= 11 is 1.34. The third-order valence-corrected chi connectivity index (χ3v) is 5.37. The number of nitrogens with one attached hydrogen (secondary N) is 1. The van der Waals surface area contributed by atoms with Crippen molar-refractivity contribution >= 4 is 34.5 Å². The number of amides is 2. The van der Waals surface area contributed by atoms with Crippen LogP contribution in [0, 0.1) is 0 Å². The Morgan fingerprint density at radius 2 is 1.89 bits per heavy atom. The molecule has 1 aliphatic heterocycles. The molecule has 8 heteroatoms. The highest BCUT2D eigenvalue weighted by Crippen LogP contribution is 2.37. The van der Waals surface area contributed by atoms with E-state index in [1.807, 2.05) is 0 Å². The van der Waals surface area contributed by atoms with E-state index in [0.717, 1.165) is 5.56 Å². The molecule has 2 aromatic carbocycles. The average Bonchev–Trinajstić information content (AvgIpc) is 3.02. The maximum absolute atomic E-state index is 12.6. The number of hydrogen-bond donors (Lipinski definition) is 2. The van der Waals surface area contributed by atoms with Gasteiger partial charge in [-0.25, -0.2) is 9.80 Å². The normalized spacial score (nSPS) is 16.7. The Morgan fingerprint density at radius 3 is 2.67 bits per heavy atom. The summed E-state index contributed by atoms with van der Waals surface area (Å²) in [7, 11) is 0. The number of phenolic OH excluding ortho intramolecular Hbond substituents is 1. The zero-order valence-electron chi connectivity index (χ0n) is 13.9. The molecule has 1 unspecified atom stereocenters. The molecule has 2 amide bonds. The summed E-state index contributed by atoms with van der Waals surface area (Å²) in [5.41, 5.74) is 2.69. The van der Waals surface area contributed by atoms with Gasteiger partial charge in [0, 0.05) is 5.39 Å². The highest BCUT2D eigenvalue weighted by Gasteiger charge is 2.35. The van der Waals surface area contributed by atoms with Gasteiger partial charge in [-0.1, -0.05) is 30.3 Å². The molecule has 4 rings (SSSR count). The van der Waals surface area contributed by atoms with E-state index >= 15 is 0 Å². The summed E-state index contributed by atoms with van der Waals surface area (Å²) in [6, 6.07) is 14.7. The molecule has 7 nitrogen and oxygen atoms in total. The van der Waals surface area contributed by atoms with Gasteiger partial charge in [-0.3, -0.25) is 15.0 Å². The van der Waals surface area contributed by atoms with Crippen LogP contribution in [0.1, 0.15) is 21.3 Å². The van der Waals surface area contributed by atoms with Crippen LogP contribution in [-0.4, -0.2) is 27.7 Å². The van der Waals surface area contributed by atoms with Gasteiger partial charge < -0.3 is 9.52 Å². The molecule has 3 aromatic rings. The number of aromatic hydroxyl groups is 1. The van der Waals surface area contributed by atoms with Crippen molar-refractivity contribution in [2.75, 3.05) is 5.75 Å². The summed E-state index contributed by atoms with van der Waals surface area (Å²) < 4.78 is 5.18. The summed E-state index contributed by atoms with van der Waals surface area (Å²) in [5.74, 6) is -0.693. The minimum Gasteiger partial charge on any atom is -0.508 e. The Bertz CT molecular complexity index is 1090. The van der Waals surface area contributed by atoms with E-state index < -0.39 is 16.9 Å². The van der Waals surface area contributed by atoms with Gasteiger partial charge in [0.25, 0.3) is 11.8 Å². The third-order valence-electron chi connectivity index (χ3n) is 4.15. The zero-order valence-corrected chi connectivity index (χ0v) is 14.7. The number of para-hydroxylation sites is 1. The predicted molar refractivity (Wildman–Crippen MR) is 100 cm³/mol. The first-order valence-corrected chi connectivity index (χ1v) is 9.14. The van der Waals surface area contributed by atoms with Crippen LogP contribution in [0.25, 0.3) is 11.0 Å². The number of hydrogen-bond acceptors (Lipinski definition) is 6. The fraction of sp³-hybridized carbons (Fsp3) is 0.105. The van der Waals surface area contributed by atoms with Crippen molar-refractivity contribution in [3.8, 4) is 5.75 Å². The number of carbonyl (C=O) groups excluding carboxylic acids is 2. The van der Waals surface area contributed by atoms with E-state index in [4.69, 9.17) is 4.42 Å². The maximum Gasteiger partial charge on any atom is 0.349 e. The van der Waals surface area contributed by atoms with Crippen LogP contribution in [0.15, 0.2) is 63.8 Å². The van der Waals surface area contributed by atoms with Crippen molar-refractivity contribution in [1.82, 2.24) is 10.4 Å². The van der Waals surface area contributed by atoms with E-state index in [1.54, 1.807) is 36.4 Å². The number of hydrazine groups is 1. The van der Waals surface area contributed by atoms with E-state index in [1.165, 1.54) is 35.0 Å². The molecule has 0 aliphatic carbocycles. The molecule has 27 heavy (non-hydrogen) atoms. The van der Waals surface area contributed by atoms with Crippen molar-refractivity contribution in [1.29, 1.82) is 0 Å². The molecular weight excluding hydrogens is 368 g/mol. The molecular formula is C19H14N2O5S. The first-order valence-electron chi connectivity index (χ1n) is 8.09. The molecule has 0 spiro atoms. The topological polar surface area (TPSA) is 99.8 Å². The second kappa shape index (κ2) is 6.81. The number of benzene rings is 2. The van der Waals surface area contributed by atoms with Gasteiger partial charge in [-0.15, -0.1) is 11.8 Å². The van der Waals surface area contributed by atoms with Gasteiger partial charge in [0.15, 0.2) is 0 Å². The number of phenols is 1. The smallest absolute Gasteiger partial charge is 0.349 e. The lowest BCUT2D eigenvalue weighted by Gasteiger charge is -2.24. The van der Waals surface area contributed by atoms with Gasteiger partial charge >= 0.3 is 5.63 Å². The Labute approximate surface area is 157 Å². The molecule has 0 saturated carbocycles. The van der Waals surface area contributed by atoms with E-state index in [-0.39, 0.29) is 23.0 Å². The van der Waals surface area contributed by atoms with Crippen LogP contribution in [0.3, 0.4) is 0 Å². The summed E-state index contributed by atoms with van der Waals surface area (Å²) in [5, 5.41) is 10.8. The molecule has 0 bridgehead atoms. The standard InChI is InChI=1S/C19H14N2O5S/c22-13-7-5-11(6-8-13)18-21(16(23)10-27-18)20-17(24)14-9-12-3-1-2-4-15(12)26-19(14)25/h1-9,18,22H,10H2,(H,20,24). The van der Waals surface area contributed by atoms with E-state index in [2.05, 4.69) is 5.43 Å². The highest BCUT2D eigenvalue weighted by atomic mass is 32.2. The Hall–Kier alpha value is -3.26. The Kier molecular flexibility index (Phi) is 4.33. The molecule has 2 N–H and O–H groups in total. The lowest BCUT2D eigenvalue weighted by Crippen LogP contribution is -2.45. The zero-order chi connectivity index (χ0) is 19.0. The van der Waals surface area contributed by atoms with Crippen molar-refractivity contribution in [3.63, 3.8) is 0 Å². The molecule has 1 fully saturated rings. The van der Waals surface area contributed by atoms with Crippen LogP contribution in [0.2, 0.25) is 0 Å². The number of fused-ring (bicyclic) bond motifs is 1. The molecule has 0 radical (unpaired) electrons. The number of thioether (sulfide) groups is 1. The highest BCUT2D eigenvalue weighted by molar-refractivity contribution is 8.00. The maximum atomic E-state index is 12.6. The third kappa shape index (κ3) is 3.26. The molecule has 1 atom stereocenters. The average molecular weight is 382 g/mol. The number of nitrogens with zero attached hydrogens (tertiary/aromatic N) is 1. The van der Waals surface area contributed by atoms with Crippen LogP contribution in [-0.2, 0) is 4.79 Å². The molecule has 1 aliphatic rings. The second-order valence-electron chi connectivity index (χ2n) is 5.94. The molecule has 136 valence electrons. The van der Waals surface area contributed by atoms with Crippen molar-refractivity contribution < 1.29 is 19.1 Å². The largest absolute Gasteiger partial charge is 0.508 e. The van der Waals surface area contributed by atoms with E-state index in [9.17, 15) is 19.5 Å². The SMILES string of the molecule is O=C(NN1C(=O)CSC1c1ccc(O)cc1)c1cc2ccccc2oc1=O. The number of rotatable bonds is 3. The monoisotopic (exact) mass is 382 g/mol. The van der Waals surface area contributed by atoms with Gasteiger partial charge in [0.05, 0.1) is 5.75 Å². The first kappa shape index (κ1) is 17.2. The summed E-state index contributed by atoms with van der Waals surface area (Å²) in [6.45, 7) is 0. The minimum atomic E-state index is -0.772. The van der Waals surface area contributed by atoms with Crippen molar-refractivity contribution in [2.45, 2.75) is 5.37 Å². The molecule has 1 aromatic heterocycles. The fourth-order valence-electron chi connectivity index (χ4n) is 2.82. The van der Waals surface area contributed by atoms with Crippen molar-refractivity contribution in [3.05, 3.63) is 76.1 Å². The summed E-state index contributed by atoms with van der Waals surface area (Å²) in [6.07, 6.45) is 0. The van der Waals surface area contributed by atoms with Gasteiger partial charge in [-0.05, 0) is 29.8 Å². The van der Waals surface area contributed by atoms with Gasteiger partial charge in [0.2, 0.25) is 0 Å². The molecule has 1 saturated heterocycles. The van der Waals surface area contributed by atoms with Gasteiger partial charge in [-0.2, -0.15) is 0 Å². The lowest BCUT2D eigenvalue weighted by molar-refractivity contribution is -0.130. The van der Waals surface area contributed by atoms with Crippen molar-refractivity contribution in [2.24, 2.45) is 0 Å².